The van der Waals surface area contributed by atoms with E-state index in [-0.39, 0.29) is 0 Å². The first kappa shape index (κ1) is 33.2. The molecular formula is C42H48HfO4Si. The third kappa shape index (κ3) is 4.76. The number of allylic oxidation sites excluding steroid dienone is 2. The molecular weight excluding hydrogens is 775 g/mol. The summed E-state index contributed by atoms with van der Waals surface area (Å²) >= 11 is -3.25. The molecule has 4 aromatic carbocycles. The van der Waals surface area contributed by atoms with Gasteiger partial charge in [0.1, 0.15) is 0 Å². The van der Waals surface area contributed by atoms with Gasteiger partial charge < -0.3 is 0 Å². The van der Waals surface area contributed by atoms with Crippen LogP contribution in [0.3, 0.4) is 0 Å². The minimum absolute atomic E-state index is 0.546. The summed E-state index contributed by atoms with van der Waals surface area (Å²) in [6, 6.07) is 26.6. The Labute approximate surface area is 292 Å². The van der Waals surface area contributed by atoms with Gasteiger partial charge in [0.15, 0.2) is 0 Å². The van der Waals surface area contributed by atoms with Crippen molar-refractivity contribution in [3.8, 4) is 45.3 Å². The first-order chi connectivity index (χ1) is 23.0. The summed E-state index contributed by atoms with van der Waals surface area (Å²) in [4.78, 5) is 0. The molecule has 1 heterocycles. The van der Waals surface area contributed by atoms with E-state index in [1.807, 2.05) is 12.1 Å². The molecule has 4 aromatic rings. The van der Waals surface area contributed by atoms with Gasteiger partial charge in [-0.2, -0.15) is 0 Å². The number of hydrogen-bond donors (Lipinski definition) is 0. The van der Waals surface area contributed by atoms with Crippen molar-refractivity contribution in [3.63, 3.8) is 0 Å². The van der Waals surface area contributed by atoms with Crippen LogP contribution in [0.25, 0.3) is 34.4 Å². The Hall–Kier alpha value is -3.35. The minimum atomic E-state index is -3.25. The average Bonchev–Trinajstić information content (AvgIpc) is 3.68. The van der Waals surface area contributed by atoms with Crippen molar-refractivity contribution in [1.82, 2.24) is 0 Å². The Kier molecular flexibility index (Phi) is 8.43. The molecule has 7 rings (SSSR count). The van der Waals surface area contributed by atoms with Crippen molar-refractivity contribution in [2.45, 2.75) is 55.5 Å². The van der Waals surface area contributed by atoms with Gasteiger partial charge in [0.2, 0.25) is 0 Å². The summed E-state index contributed by atoms with van der Waals surface area (Å²) in [5.41, 5.74) is 11.9. The molecule has 1 aliphatic heterocycles. The van der Waals surface area contributed by atoms with Crippen molar-refractivity contribution in [3.05, 3.63) is 105 Å². The Morgan fingerprint density at radius 3 is 1.21 bits per heavy atom. The zero-order chi connectivity index (χ0) is 34.1. The molecule has 4 nitrogen and oxygen atoms in total. The van der Waals surface area contributed by atoms with E-state index < -0.39 is 28.0 Å². The predicted molar refractivity (Wildman–Crippen MR) is 199 cm³/mol. The standard InChI is InChI=1S/C40H42O4Si.2CH3.Hf/c1-25(2)45(26(3)4,35-19-27-11-9-13-37(39(27)23-35)29-15-31(41-5)21-32(16-29)42-6)36-20-28-12-10-14-38(40(28)24-36)30-17-33(43-7)22-34(18-30)44-8;;;/h9-26H,1-8H3;2*1H3;. The van der Waals surface area contributed by atoms with Gasteiger partial charge in [-0.15, -0.1) is 0 Å². The van der Waals surface area contributed by atoms with Crippen molar-refractivity contribution < 1.29 is 38.9 Å². The SMILES string of the molecule is COc1cc(OC)cc(-c2cccc3c2C=C2[CH]3[Hf]([CH3])([CH3])[CH]3C(=Cc4c(-c5cc(OC)cc(OC)c5)cccc43)[Si]2(C(C)C)C(C)C)c1. The van der Waals surface area contributed by atoms with Gasteiger partial charge in [-0.3, -0.25) is 0 Å². The molecule has 0 saturated carbocycles. The number of rotatable bonds is 8. The van der Waals surface area contributed by atoms with E-state index in [4.69, 9.17) is 18.9 Å². The fraction of sp³-hybridized carbons (Fsp3) is 0.333. The number of methoxy groups -OCH3 is 4. The molecule has 0 amide bonds. The van der Waals surface area contributed by atoms with E-state index in [1.165, 1.54) is 22.3 Å². The second-order valence-corrected chi connectivity index (χ2v) is 37.3. The molecule has 0 bridgehead atoms. The molecule has 0 N–H and O–H groups in total. The van der Waals surface area contributed by atoms with E-state index in [1.54, 1.807) is 50.0 Å². The molecule has 0 radical (unpaired) electrons. The summed E-state index contributed by atoms with van der Waals surface area (Å²) in [6.07, 6.45) is 5.37. The fourth-order valence-corrected chi connectivity index (χ4v) is 42.6. The van der Waals surface area contributed by atoms with Crippen molar-refractivity contribution in [2.24, 2.45) is 0 Å². The van der Waals surface area contributed by atoms with Gasteiger partial charge in [0.25, 0.3) is 0 Å². The van der Waals surface area contributed by atoms with Crippen LogP contribution in [0.1, 0.15) is 57.3 Å². The van der Waals surface area contributed by atoms with Crippen LogP contribution < -0.4 is 18.9 Å². The van der Waals surface area contributed by atoms with Gasteiger partial charge in [-0.1, -0.05) is 0 Å². The number of ether oxygens (including phenoxy) is 4. The molecule has 1 fully saturated rings. The Bertz CT molecular complexity index is 1800. The van der Waals surface area contributed by atoms with Gasteiger partial charge in [0, 0.05) is 0 Å². The molecule has 3 aliphatic rings. The van der Waals surface area contributed by atoms with Gasteiger partial charge in [-0.05, 0) is 0 Å². The summed E-state index contributed by atoms with van der Waals surface area (Å²) < 4.78 is 29.4. The maximum atomic E-state index is 5.71. The number of hydrogen-bond acceptors (Lipinski definition) is 4. The molecule has 2 atom stereocenters. The van der Waals surface area contributed by atoms with Crippen molar-refractivity contribution in [2.75, 3.05) is 28.4 Å². The monoisotopic (exact) mass is 824 g/mol. The van der Waals surface area contributed by atoms with E-state index >= 15 is 0 Å². The fourth-order valence-electron chi connectivity index (χ4n) is 9.89. The van der Waals surface area contributed by atoms with E-state index in [9.17, 15) is 0 Å². The zero-order valence-electron chi connectivity index (χ0n) is 30.0. The second kappa shape index (κ2) is 12.2. The average molecular weight is 823 g/mol. The normalized spacial score (nSPS) is 19.6. The van der Waals surface area contributed by atoms with E-state index in [2.05, 4.69) is 110 Å². The third-order valence-corrected chi connectivity index (χ3v) is 35.4. The van der Waals surface area contributed by atoms with E-state index in [0.29, 0.717) is 18.4 Å². The maximum absolute atomic E-state index is 5.71. The summed E-state index contributed by atoms with van der Waals surface area (Å²) in [5.74, 6) is 3.27. The molecule has 1 saturated heterocycles. The van der Waals surface area contributed by atoms with Crippen LogP contribution >= 0.6 is 0 Å². The predicted octanol–water partition coefficient (Wildman–Crippen LogP) is 11.2. The van der Waals surface area contributed by atoms with Crippen molar-refractivity contribution >= 4 is 20.2 Å². The second-order valence-electron chi connectivity index (χ2n) is 14.9. The first-order valence-electron chi connectivity index (χ1n) is 17.2. The van der Waals surface area contributed by atoms with Gasteiger partial charge >= 0.3 is 294 Å². The Morgan fingerprint density at radius 1 is 0.542 bits per heavy atom. The zero-order valence-corrected chi connectivity index (χ0v) is 34.6. The van der Waals surface area contributed by atoms with E-state index in [0.717, 1.165) is 34.1 Å². The molecule has 0 spiro atoms. The molecule has 48 heavy (non-hydrogen) atoms. The topological polar surface area (TPSA) is 36.9 Å². The molecule has 0 aromatic heterocycles. The quantitative estimate of drug-likeness (QED) is 0.166. The Balaban J connectivity index is 1.49. The number of benzene rings is 4. The van der Waals surface area contributed by atoms with Crippen LogP contribution in [-0.2, 0) is 20.0 Å². The summed E-state index contributed by atoms with van der Waals surface area (Å²) in [5, 5.41) is 3.58. The Morgan fingerprint density at radius 2 is 0.896 bits per heavy atom. The molecule has 6 heteroatoms. The van der Waals surface area contributed by atoms with Gasteiger partial charge in [-0.25, -0.2) is 0 Å². The van der Waals surface area contributed by atoms with Crippen LogP contribution in [-0.4, -0.2) is 36.5 Å². The van der Waals surface area contributed by atoms with Crippen LogP contribution in [0, 0.1) is 0 Å². The molecule has 248 valence electrons. The van der Waals surface area contributed by atoms with Crippen LogP contribution in [0.5, 0.6) is 23.0 Å². The van der Waals surface area contributed by atoms with Crippen LogP contribution in [0.4, 0.5) is 0 Å². The number of fused-ring (bicyclic) bond motifs is 6. The van der Waals surface area contributed by atoms with Crippen LogP contribution in [0.15, 0.2) is 83.2 Å². The van der Waals surface area contributed by atoms with Crippen molar-refractivity contribution in [1.29, 1.82) is 0 Å². The third-order valence-electron chi connectivity index (χ3n) is 11.7. The molecule has 2 unspecified atom stereocenters. The van der Waals surface area contributed by atoms with Crippen LogP contribution in [0.2, 0.25) is 20.4 Å². The summed E-state index contributed by atoms with van der Waals surface area (Å²) in [6.45, 7) is 10.1. The molecule has 2 aliphatic carbocycles. The first-order valence-corrected chi connectivity index (χ1v) is 30.7. The summed E-state index contributed by atoms with van der Waals surface area (Å²) in [7, 11) is 4.70. The van der Waals surface area contributed by atoms with Gasteiger partial charge in [0.05, 0.1) is 0 Å².